The van der Waals surface area contributed by atoms with E-state index in [1.807, 2.05) is 40.1 Å². The molecule has 4 heterocycles. The molecule has 1 saturated carbocycles. The van der Waals surface area contributed by atoms with Crippen molar-refractivity contribution in [3.05, 3.63) is 60.4 Å². The average molecular weight is 555 g/mol. The van der Waals surface area contributed by atoms with Crippen molar-refractivity contribution in [3.63, 3.8) is 0 Å². The topological polar surface area (TPSA) is 95.7 Å². The number of piperidine rings is 1. The SMILES string of the molecule is COC(=O)N1CCC2(CC1)N=C(c1ccc(-c3ccc4occc4c3)cc1)N(CC1CCN(C(=O)C3CC3)C1)C2=O. The van der Waals surface area contributed by atoms with Gasteiger partial charge in [0, 0.05) is 49.6 Å². The molecule has 212 valence electrons. The van der Waals surface area contributed by atoms with Crippen molar-refractivity contribution < 1.29 is 23.5 Å². The largest absolute Gasteiger partial charge is 0.464 e. The number of nitrogens with zero attached hydrogens (tertiary/aromatic N) is 4. The van der Waals surface area contributed by atoms with Gasteiger partial charge in [-0.25, -0.2) is 4.79 Å². The van der Waals surface area contributed by atoms with E-state index in [9.17, 15) is 14.4 Å². The Labute approximate surface area is 238 Å². The number of carbonyl (C=O) groups excluding carboxylic acids is 3. The van der Waals surface area contributed by atoms with Gasteiger partial charge in [0.1, 0.15) is 17.0 Å². The number of aliphatic imine (C=N–C) groups is 1. The first-order chi connectivity index (χ1) is 19.9. The number of furan rings is 1. The van der Waals surface area contributed by atoms with E-state index in [4.69, 9.17) is 14.1 Å². The van der Waals surface area contributed by atoms with Gasteiger partial charge in [0.25, 0.3) is 5.91 Å². The molecule has 1 unspecified atom stereocenters. The van der Waals surface area contributed by atoms with Gasteiger partial charge in [0.2, 0.25) is 5.91 Å². The maximum atomic E-state index is 14.1. The van der Waals surface area contributed by atoms with Crippen LogP contribution in [0.3, 0.4) is 0 Å². The zero-order valence-electron chi connectivity index (χ0n) is 23.3. The quantitative estimate of drug-likeness (QED) is 0.461. The van der Waals surface area contributed by atoms with Crippen LogP contribution in [0.25, 0.3) is 22.1 Å². The summed E-state index contributed by atoms with van der Waals surface area (Å²) in [7, 11) is 1.38. The number of hydrogen-bond donors (Lipinski definition) is 0. The molecule has 3 aliphatic heterocycles. The molecule has 1 aromatic heterocycles. The number of amides is 3. The zero-order chi connectivity index (χ0) is 28.1. The molecule has 9 heteroatoms. The van der Waals surface area contributed by atoms with E-state index in [0.29, 0.717) is 44.9 Å². The van der Waals surface area contributed by atoms with Gasteiger partial charge in [-0.15, -0.1) is 0 Å². The second-order valence-electron chi connectivity index (χ2n) is 11.8. The van der Waals surface area contributed by atoms with Crippen molar-refractivity contribution in [2.45, 2.75) is 37.6 Å². The zero-order valence-corrected chi connectivity index (χ0v) is 23.3. The maximum absolute atomic E-state index is 14.1. The van der Waals surface area contributed by atoms with Gasteiger partial charge in [0.05, 0.1) is 13.4 Å². The molecule has 1 aliphatic carbocycles. The minimum atomic E-state index is -0.882. The molecule has 41 heavy (non-hydrogen) atoms. The highest BCUT2D eigenvalue weighted by atomic mass is 16.5. The summed E-state index contributed by atoms with van der Waals surface area (Å²) in [5.41, 5.74) is 3.02. The van der Waals surface area contributed by atoms with Gasteiger partial charge >= 0.3 is 6.09 Å². The standard InChI is InChI=1S/C32H34N4O5/c1-40-31(39)34-15-12-32(13-16-34)30(38)36(20-21-10-14-35(19-21)29(37)24-6-7-24)28(33-32)23-4-2-22(3-5-23)25-8-9-27-26(18-25)11-17-41-27/h2-5,8-9,11,17-18,21,24H,6-7,10,12-16,19-20H2,1H3. The molecular formula is C32H34N4O5. The van der Waals surface area contributed by atoms with E-state index >= 15 is 0 Å². The first-order valence-electron chi connectivity index (χ1n) is 14.6. The van der Waals surface area contributed by atoms with Crippen LogP contribution < -0.4 is 0 Å². The molecule has 3 aromatic rings. The number of benzene rings is 2. The van der Waals surface area contributed by atoms with Gasteiger partial charge in [-0.1, -0.05) is 30.3 Å². The summed E-state index contributed by atoms with van der Waals surface area (Å²) in [4.78, 5) is 49.5. The second-order valence-corrected chi connectivity index (χ2v) is 11.8. The van der Waals surface area contributed by atoms with Gasteiger partial charge in [0.15, 0.2) is 0 Å². The Morgan fingerprint density at radius 3 is 2.41 bits per heavy atom. The summed E-state index contributed by atoms with van der Waals surface area (Å²) >= 11 is 0. The molecule has 3 amide bonds. The third-order valence-electron chi connectivity index (χ3n) is 9.14. The van der Waals surface area contributed by atoms with E-state index in [2.05, 4.69) is 18.2 Å². The third-order valence-corrected chi connectivity index (χ3v) is 9.14. The molecule has 0 radical (unpaired) electrons. The number of fused-ring (bicyclic) bond motifs is 1. The fourth-order valence-corrected chi connectivity index (χ4v) is 6.55. The molecule has 2 saturated heterocycles. The summed E-state index contributed by atoms with van der Waals surface area (Å²) < 4.78 is 10.4. The molecule has 9 nitrogen and oxygen atoms in total. The summed E-state index contributed by atoms with van der Waals surface area (Å²) in [6, 6.07) is 16.3. The normalized spacial score (nSPS) is 22.1. The Morgan fingerprint density at radius 1 is 0.951 bits per heavy atom. The number of methoxy groups -OCH3 is 1. The van der Waals surface area contributed by atoms with Crippen LogP contribution in [0.1, 0.15) is 37.7 Å². The Balaban J connectivity index is 1.15. The summed E-state index contributed by atoms with van der Waals surface area (Å²) in [5, 5.41) is 1.05. The minimum absolute atomic E-state index is 0.00142. The van der Waals surface area contributed by atoms with Crippen molar-refractivity contribution in [1.29, 1.82) is 0 Å². The van der Waals surface area contributed by atoms with Crippen LogP contribution in [-0.4, -0.2) is 83.8 Å². The predicted molar refractivity (Wildman–Crippen MR) is 153 cm³/mol. The molecule has 0 N–H and O–H groups in total. The molecule has 3 fully saturated rings. The highest BCUT2D eigenvalue weighted by molar-refractivity contribution is 6.15. The Hall–Kier alpha value is -4.14. The molecule has 1 spiro atoms. The first-order valence-corrected chi connectivity index (χ1v) is 14.6. The molecule has 4 aliphatic rings. The van der Waals surface area contributed by atoms with Crippen molar-refractivity contribution in [3.8, 4) is 11.1 Å². The first kappa shape index (κ1) is 25.8. The monoisotopic (exact) mass is 554 g/mol. The van der Waals surface area contributed by atoms with Crippen LogP contribution in [0, 0.1) is 11.8 Å². The van der Waals surface area contributed by atoms with Crippen LogP contribution >= 0.6 is 0 Å². The summed E-state index contributed by atoms with van der Waals surface area (Å²) in [6.45, 7) is 2.82. The fourth-order valence-electron chi connectivity index (χ4n) is 6.55. The smallest absolute Gasteiger partial charge is 0.409 e. The molecule has 0 bridgehead atoms. The molecule has 1 atom stereocenters. The number of hydrogen-bond acceptors (Lipinski definition) is 6. The van der Waals surface area contributed by atoms with E-state index < -0.39 is 5.54 Å². The van der Waals surface area contributed by atoms with Gasteiger partial charge < -0.3 is 19.0 Å². The van der Waals surface area contributed by atoms with E-state index in [1.54, 1.807) is 11.2 Å². The van der Waals surface area contributed by atoms with Crippen molar-refractivity contribution in [2.75, 3.05) is 39.8 Å². The molecule has 7 rings (SSSR count). The maximum Gasteiger partial charge on any atom is 0.409 e. The Kier molecular flexibility index (Phi) is 6.32. The highest BCUT2D eigenvalue weighted by Crippen LogP contribution is 2.38. The second kappa shape index (κ2) is 10.0. The Morgan fingerprint density at radius 2 is 1.68 bits per heavy atom. The lowest BCUT2D eigenvalue weighted by atomic mass is 9.87. The average Bonchev–Trinajstić information content (AvgIpc) is 3.46. The van der Waals surface area contributed by atoms with Crippen LogP contribution in [0.15, 0.2) is 64.2 Å². The summed E-state index contributed by atoms with van der Waals surface area (Å²) in [6.07, 6.45) is 5.12. The number of carbonyl (C=O) groups is 3. The van der Waals surface area contributed by atoms with Crippen LogP contribution in [-0.2, 0) is 14.3 Å². The van der Waals surface area contributed by atoms with Crippen molar-refractivity contribution >= 4 is 34.7 Å². The number of ether oxygens (including phenoxy) is 1. The van der Waals surface area contributed by atoms with Gasteiger partial charge in [-0.3, -0.25) is 19.5 Å². The predicted octanol–water partition coefficient (Wildman–Crippen LogP) is 4.55. The lowest BCUT2D eigenvalue weighted by Crippen LogP contribution is -2.52. The van der Waals surface area contributed by atoms with Crippen LogP contribution in [0.4, 0.5) is 4.79 Å². The molecule has 2 aromatic carbocycles. The van der Waals surface area contributed by atoms with Gasteiger partial charge in [-0.05, 0) is 67.3 Å². The van der Waals surface area contributed by atoms with E-state index in [0.717, 1.165) is 53.5 Å². The van der Waals surface area contributed by atoms with Crippen molar-refractivity contribution in [1.82, 2.24) is 14.7 Å². The minimum Gasteiger partial charge on any atom is -0.464 e. The van der Waals surface area contributed by atoms with E-state index in [1.165, 1.54) is 7.11 Å². The Bertz CT molecular complexity index is 1530. The highest BCUT2D eigenvalue weighted by Gasteiger charge is 2.51. The third kappa shape index (κ3) is 4.67. The number of likely N-dealkylation sites (tertiary alicyclic amines) is 2. The van der Waals surface area contributed by atoms with Crippen LogP contribution in [0.5, 0.6) is 0 Å². The molecular weight excluding hydrogens is 520 g/mol. The number of rotatable bonds is 5. The number of amidine groups is 1. The lowest BCUT2D eigenvalue weighted by molar-refractivity contribution is -0.133. The van der Waals surface area contributed by atoms with Crippen molar-refractivity contribution in [2.24, 2.45) is 16.8 Å². The lowest BCUT2D eigenvalue weighted by Gasteiger charge is -2.35. The van der Waals surface area contributed by atoms with E-state index in [-0.39, 0.29) is 29.7 Å². The fraction of sp³-hybridized carbons (Fsp3) is 0.438. The van der Waals surface area contributed by atoms with Crippen LogP contribution in [0.2, 0.25) is 0 Å². The van der Waals surface area contributed by atoms with Gasteiger partial charge in [-0.2, -0.15) is 0 Å². The summed E-state index contributed by atoms with van der Waals surface area (Å²) in [5.74, 6) is 1.36.